The third-order valence-corrected chi connectivity index (χ3v) is 2.96. The molecule has 1 aliphatic rings. The Kier molecular flexibility index (Phi) is 3.06. The summed E-state index contributed by atoms with van der Waals surface area (Å²) in [6, 6.07) is 5.10. The summed E-state index contributed by atoms with van der Waals surface area (Å²) in [6.45, 7) is 2.53. The molecule has 0 radical (unpaired) electrons. The number of nitrogens with zero attached hydrogens (tertiary/aromatic N) is 1. The fourth-order valence-corrected chi connectivity index (χ4v) is 2.07. The summed E-state index contributed by atoms with van der Waals surface area (Å²) in [4.78, 5) is 15.9. The first-order valence-electron chi connectivity index (χ1n) is 6.18. The van der Waals surface area contributed by atoms with Gasteiger partial charge in [-0.1, -0.05) is 0 Å². The maximum Gasteiger partial charge on any atom is 0.356 e. The van der Waals surface area contributed by atoms with Crippen LogP contribution in [0.3, 0.4) is 0 Å². The zero-order valence-electron chi connectivity index (χ0n) is 11.1. The first-order valence-corrected chi connectivity index (χ1v) is 6.18. The lowest BCUT2D eigenvalue weighted by Gasteiger charge is -2.10. The molecule has 0 amide bonds. The highest BCUT2D eigenvalue weighted by atomic mass is 16.7. The molecule has 104 valence electrons. The van der Waals surface area contributed by atoms with Gasteiger partial charge in [0.1, 0.15) is 5.75 Å². The van der Waals surface area contributed by atoms with Crippen molar-refractivity contribution in [2.24, 2.45) is 0 Å². The van der Waals surface area contributed by atoms with E-state index in [0.29, 0.717) is 29.4 Å². The van der Waals surface area contributed by atoms with Crippen molar-refractivity contribution in [1.29, 1.82) is 0 Å². The van der Waals surface area contributed by atoms with E-state index in [1.807, 2.05) is 6.92 Å². The zero-order valence-corrected chi connectivity index (χ0v) is 11.1. The summed E-state index contributed by atoms with van der Waals surface area (Å²) in [5.41, 5.74) is 0.794. The molecule has 20 heavy (non-hydrogen) atoms. The monoisotopic (exact) mass is 275 g/mol. The Morgan fingerprint density at radius 3 is 2.75 bits per heavy atom. The van der Waals surface area contributed by atoms with Crippen LogP contribution in [0.25, 0.3) is 10.9 Å². The van der Waals surface area contributed by atoms with Crippen LogP contribution < -0.4 is 14.2 Å². The summed E-state index contributed by atoms with van der Waals surface area (Å²) in [5, 5.41) is 0.767. The third-order valence-electron chi connectivity index (χ3n) is 2.96. The first-order chi connectivity index (χ1) is 9.72. The van der Waals surface area contributed by atoms with E-state index in [0.717, 1.165) is 5.39 Å². The van der Waals surface area contributed by atoms with Gasteiger partial charge in [0.15, 0.2) is 17.2 Å². The van der Waals surface area contributed by atoms with Crippen LogP contribution in [0.5, 0.6) is 17.2 Å². The SMILES string of the molecule is CCOc1cc(C(=O)OC)nc2cc3c(cc12)OCO3. The maximum absolute atomic E-state index is 11.7. The summed E-state index contributed by atoms with van der Waals surface area (Å²) in [5.74, 6) is 1.31. The van der Waals surface area contributed by atoms with Crippen molar-refractivity contribution in [2.45, 2.75) is 6.92 Å². The largest absolute Gasteiger partial charge is 0.493 e. The highest BCUT2D eigenvalue weighted by Crippen LogP contribution is 2.38. The van der Waals surface area contributed by atoms with E-state index in [1.54, 1.807) is 18.2 Å². The van der Waals surface area contributed by atoms with Crippen molar-refractivity contribution in [3.63, 3.8) is 0 Å². The molecule has 0 N–H and O–H groups in total. The molecule has 6 heteroatoms. The first kappa shape index (κ1) is 12.5. The Hall–Kier alpha value is -2.50. The smallest absolute Gasteiger partial charge is 0.356 e. The molecular weight excluding hydrogens is 262 g/mol. The second-order valence-corrected chi connectivity index (χ2v) is 4.15. The molecular formula is C14H13NO5. The normalized spacial score (nSPS) is 12.5. The van der Waals surface area contributed by atoms with Crippen molar-refractivity contribution in [3.8, 4) is 17.2 Å². The number of pyridine rings is 1. The quantitative estimate of drug-likeness (QED) is 0.799. The average Bonchev–Trinajstić information content (AvgIpc) is 2.91. The van der Waals surface area contributed by atoms with Crippen molar-refractivity contribution >= 4 is 16.9 Å². The van der Waals surface area contributed by atoms with Crippen LogP contribution in [0.1, 0.15) is 17.4 Å². The molecule has 0 unspecified atom stereocenters. The predicted octanol–water partition coefficient (Wildman–Crippen LogP) is 2.15. The van der Waals surface area contributed by atoms with Crippen LogP contribution >= 0.6 is 0 Å². The molecule has 0 bridgehead atoms. The van der Waals surface area contributed by atoms with Crippen molar-refractivity contribution in [2.75, 3.05) is 20.5 Å². The molecule has 1 aromatic carbocycles. The van der Waals surface area contributed by atoms with E-state index in [4.69, 9.17) is 18.9 Å². The second-order valence-electron chi connectivity index (χ2n) is 4.15. The van der Waals surface area contributed by atoms with Gasteiger partial charge in [-0.3, -0.25) is 0 Å². The van der Waals surface area contributed by atoms with E-state index >= 15 is 0 Å². The Labute approximate surface area is 115 Å². The minimum Gasteiger partial charge on any atom is -0.493 e. The summed E-state index contributed by atoms with van der Waals surface area (Å²) >= 11 is 0. The van der Waals surface area contributed by atoms with Gasteiger partial charge in [0.2, 0.25) is 6.79 Å². The minimum absolute atomic E-state index is 0.180. The fraction of sp³-hybridized carbons (Fsp3) is 0.286. The molecule has 0 spiro atoms. The molecule has 0 aliphatic carbocycles. The number of benzene rings is 1. The third kappa shape index (κ3) is 1.99. The molecule has 6 nitrogen and oxygen atoms in total. The average molecular weight is 275 g/mol. The Balaban J connectivity index is 2.22. The van der Waals surface area contributed by atoms with E-state index in [2.05, 4.69) is 4.98 Å². The number of ether oxygens (including phenoxy) is 4. The lowest BCUT2D eigenvalue weighted by Crippen LogP contribution is -2.05. The van der Waals surface area contributed by atoms with E-state index in [9.17, 15) is 4.79 Å². The number of hydrogen-bond donors (Lipinski definition) is 0. The van der Waals surface area contributed by atoms with Gasteiger partial charge in [-0.25, -0.2) is 9.78 Å². The van der Waals surface area contributed by atoms with Crippen LogP contribution in [-0.2, 0) is 4.74 Å². The Morgan fingerprint density at radius 1 is 1.30 bits per heavy atom. The van der Waals surface area contributed by atoms with Crippen molar-refractivity contribution in [3.05, 3.63) is 23.9 Å². The summed E-state index contributed by atoms with van der Waals surface area (Å²) in [7, 11) is 1.31. The number of hydrogen-bond acceptors (Lipinski definition) is 6. The minimum atomic E-state index is -0.509. The van der Waals surface area contributed by atoms with Crippen LogP contribution in [0, 0.1) is 0 Å². The lowest BCUT2D eigenvalue weighted by atomic mass is 10.1. The van der Waals surface area contributed by atoms with Gasteiger partial charge in [0.05, 0.1) is 19.2 Å². The van der Waals surface area contributed by atoms with Gasteiger partial charge in [0, 0.05) is 17.5 Å². The highest BCUT2D eigenvalue weighted by Gasteiger charge is 2.19. The van der Waals surface area contributed by atoms with E-state index < -0.39 is 5.97 Å². The van der Waals surface area contributed by atoms with Crippen LogP contribution in [0.15, 0.2) is 18.2 Å². The number of fused-ring (bicyclic) bond motifs is 2. The number of rotatable bonds is 3. The molecule has 1 aliphatic heterocycles. The van der Waals surface area contributed by atoms with Gasteiger partial charge in [-0.15, -0.1) is 0 Å². The second kappa shape index (κ2) is 4.88. The summed E-state index contributed by atoms with van der Waals surface area (Å²) < 4.78 is 20.9. The van der Waals surface area contributed by atoms with Crippen LogP contribution in [-0.4, -0.2) is 31.5 Å². The van der Waals surface area contributed by atoms with Crippen molar-refractivity contribution in [1.82, 2.24) is 4.98 Å². The molecule has 0 saturated carbocycles. The molecule has 3 rings (SSSR count). The molecule has 0 saturated heterocycles. The standard InChI is InChI=1S/C14H13NO5/c1-3-18-11-6-10(14(16)17-2)15-9-5-13-12(4-8(9)11)19-7-20-13/h4-6H,3,7H2,1-2H3. The maximum atomic E-state index is 11.7. The van der Waals surface area contributed by atoms with Crippen LogP contribution in [0.2, 0.25) is 0 Å². The molecule has 2 aromatic rings. The molecule has 0 fully saturated rings. The van der Waals surface area contributed by atoms with E-state index in [-0.39, 0.29) is 12.5 Å². The number of carbonyl (C=O) groups excluding carboxylic acids is 1. The van der Waals surface area contributed by atoms with Gasteiger partial charge < -0.3 is 18.9 Å². The van der Waals surface area contributed by atoms with Gasteiger partial charge in [-0.2, -0.15) is 0 Å². The number of aromatic nitrogens is 1. The van der Waals surface area contributed by atoms with E-state index in [1.165, 1.54) is 7.11 Å². The Bertz CT molecular complexity index is 683. The zero-order chi connectivity index (χ0) is 14.1. The van der Waals surface area contributed by atoms with Crippen molar-refractivity contribution < 1.29 is 23.7 Å². The number of esters is 1. The highest BCUT2D eigenvalue weighted by molar-refractivity contribution is 5.95. The van der Waals surface area contributed by atoms with Gasteiger partial charge >= 0.3 is 5.97 Å². The van der Waals surface area contributed by atoms with Crippen LogP contribution in [0.4, 0.5) is 0 Å². The fourth-order valence-electron chi connectivity index (χ4n) is 2.07. The molecule has 2 heterocycles. The number of methoxy groups -OCH3 is 1. The molecule has 1 aromatic heterocycles. The number of carbonyl (C=O) groups is 1. The van der Waals surface area contributed by atoms with Gasteiger partial charge in [0.25, 0.3) is 0 Å². The molecule has 0 atom stereocenters. The predicted molar refractivity (Wildman–Crippen MR) is 70.4 cm³/mol. The van der Waals surface area contributed by atoms with Gasteiger partial charge in [-0.05, 0) is 13.0 Å². The summed E-state index contributed by atoms with van der Waals surface area (Å²) in [6.07, 6.45) is 0. The lowest BCUT2D eigenvalue weighted by molar-refractivity contribution is 0.0594. The Morgan fingerprint density at radius 2 is 2.05 bits per heavy atom. The topological polar surface area (TPSA) is 66.9 Å².